The van der Waals surface area contributed by atoms with Crippen LogP contribution in [0.1, 0.15) is 60.1 Å². The average molecular weight is 804 g/mol. The first-order chi connectivity index (χ1) is 27.5. The molecule has 6 rings (SSSR count). The summed E-state index contributed by atoms with van der Waals surface area (Å²) in [5.41, 5.74) is 12.2. The van der Waals surface area contributed by atoms with E-state index in [0.29, 0.717) is 46.3 Å². The third-order valence-electron chi connectivity index (χ3n) is 6.79. The zero-order valence-electron chi connectivity index (χ0n) is 33.7. The summed E-state index contributed by atoms with van der Waals surface area (Å²) in [4.78, 5) is 67.0. The van der Waals surface area contributed by atoms with Gasteiger partial charge in [-0.15, -0.1) is 4.98 Å². The Morgan fingerprint density at radius 2 is 1.28 bits per heavy atom. The molecule has 15 nitrogen and oxygen atoms in total. The second-order valence-electron chi connectivity index (χ2n) is 12.2. The van der Waals surface area contributed by atoms with Crippen molar-refractivity contribution in [3.05, 3.63) is 152 Å². The van der Waals surface area contributed by atoms with Crippen LogP contribution >= 0.6 is 11.6 Å². The molecule has 0 unspecified atom stereocenters. The molecule has 16 heteroatoms. The minimum Gasteiger partial charge on any atom is -0.466 e. The maximum Gasteiger partial charge on any atom is 0.313 e. The lowest BCUT2D eigenvalue weighted by Crippen LogP contribution is -2.13. The van der Waals surface area contributed by atoms with Crippen molar-refractivity contribution in [2.24, 2.45) is 5.73 Å². The lowest BCUT2D eigenvalue weighted by molar-refractivity contribution is -0.145. The molecule has 0 amide bonds. The molecule has 0 aliphatic heterocycles. The zero-order valence-corrected chi connectivity index (χ0v) is 34.4. The van der Waals surface area contributed by atoms with Crippen molar-refractivity contribution in [1.82, 2.24) is 39.9 Å². The van der Waals surface area contributed by atoms with E-state index in [2.05, 4.69) is 49.5 Å². The Balaban J connectivity index is 0.000000256. The first kappa shape index (κ1) is 47.1. The van der Waals surface area contributed by atoms with E-state index in [1.54, 1.807) is 32.0 Å². The summed E-state index contributed by atoms with van der Waals surface area (Å²) >= 11 is 5.86. The Morgan fingerprint density at radius 3 is 1.74 bits per heavy atom. The molecule has 0 aliphatic carbocycles. The van der Waals surface area contributed by atoms with Gasteiger partial charge in [0, 0.05) is 41.5 Å². The van der Waals surface area contributed by atoms with Gasteiger partial charge in [-0.25, -0.2) is 29.9 Å². The number of nitrogen functional groups attached to an aromatic ring is 1. The van der Waals surface area contributed by atoms with Crippen molar-refractivity contribution in [1.29, 1.82) is 5.41 Å². The third kappa shape index (κ3) is 18.5. The lowest BCUT2D eigenvalue weighted by atomic mass is 10.3. The minimum atomic E-state index is -0.440. The zero-order chi connectivity index (χ0) is 43.2. The second-order valence-corrected chi connectivity index (χ2v) is 12.6. The molecule has 0 bridgehead atoms. The molecule has 0 aromatic carbocycles. The van der Waals surface area contributed by atoms with Crippen molar-refractivity contribution in [3.8, 4) is 23.0 Å². The van der Waals surface area contributed by atoms with Crippen LogP contribution in [0, 0.1) is 53.5 Å². The molecule has 6 aromatic rings. The Labute approximate surface area is 342 Å². The molecular weight excluding hydrogens is 758 g/mol. The molecule has 0 spiro atoms. The number of carbonyl (C=O) groups excluding carboxylic acids is 2. The Hall–Kier alpha value is -7.05. The molecule has 0 saturated carbocycles. The molecule has 0 aliphatic rings. The van der Waals surface area contributed by atoms with Gasteiger partial charge in [0.2, 0.25) is 0 Å². The Morgan fingerprint density at radius 1 is 0.741 bits per heavy atom. The summed E-state index contributed by atoms with van der Waals surface area (Å²) in [6.07, 6.45) is -0.103. The quantitative estimate of drug-likeness (QED) is 0.0374. The van der Waals surface area contributed by atoms with Gasteiger partial charge in [0.25, 0.3) is 11.4 Å². The average Bonchev–Trinajstić information content (AvgIpc) is 3.15. The van der Waals surface area contributed by atoms with Gasteiger partial charge in [-0.1, -0.05) is 42.4 Å². The number of nitrogens with two attached hydrogens (primary N) is 1. The summed E-state index contributed by atoms with van der Waals surface area (Å²) in [7, 11) is 0. The number of rotatable bonds is 6. The normalized spacial score (nSPS) is 9.59. The number of H-pyrrole nitrogens is 1. The van der Waals surface area contributed by atoms with Crippen LogP contribution in [0.5, 0.6) is 0 Å². The van der Waals surface area contributed by atoms with Crippen molar-refractivity contribution >= 4 is 35.0 Å². The van der Waals surface area contributed by atoms with E-state index in [1.165, 1.54) is 13.0 Å². The second kappa shape index (κ2) is 24.5. The van der Waals surface area contributed by atoms with Crippen LogP contribution < -0.4 is 11.3 Å². The van der Waals surface area contributed by atoms with Gasteiger partial charge in [-0.3, -0.25) is 19.8 Å². The molecular formula is C42H46ClN11O4. The lowest BCUT2D eigenvalue weighted by Gasteiger charge is -2.02. The predicted molar refractivity (Wildman–Crippen MR) is 224 cm³/mol. The number of ketones is 1. The standard InChI is InChI=1S/C11H10ClN3.C11H11N3O.C7H9N3.C7H6N2.C6H10O3/c1-7-4-3-5-9(13-7)11-14-8(2)6-10(12)15-11;1-7-4-3-5-9(12-7)11-13-8(2)6-10(15)14-11;1-5-3-2-4-6(10-5)7(8)9;1-6-4-3-5-7(8-2)9-6;1-3-9-6(8)4-5(2)7/h3-6H,1-2H3;3-6H,1-2H3,(H,13,14,15);2-4H,1H3,(H3,8,9);3-5H,1H3;3-4H2,1-2H3. The van der Waals surface area contributed by atoms with Crippen LogP contribution in [0.4, 0.5) is 5.82 Å². The topological polar surface area (TPSA) is 221 Å². The molecule has 0 radical (unpaired) electrons. The number of nitrogens with one attached hydrogen (secondary N) is 2. The third-order valence-corrected chi connectivity index (χ3v) is 6.99. The number of aromatic amines is 1. The van der Waals surface area contributed by atoms with Gasteiger partial charge in [0.1, 0.15) is 46.0 Å². The van der Waals surface area contributed by atoms with Crippen molar-refractivity contribution in [2.75, 3.05) is 6.61 Å². The first-order valence-electron chi connectivity index (χ1n) is 17.7. The highest BCUT2D eigenvalue weighted by atomic mass is 35.5. The van der Waals surface area contributed by atoms with Crippen LogP contribution in [-0.2, 0) is 14.3 Å². The van der Waals surface area contributed by atoms with Crippen LogP contribution in [-0.4, -0.2) is 64.1 Å². The number of Topliss-reactive ketones (excluding diaryl/α,β-unsaturated/α-hetero) is 1. The van der Waals surface area contributed by atoms with Crippen LogP contribution in [0.15, 0.2) is 89.7 Å². The first-order valence-corrected chi connectivity index (χ1v) is 18.1. The summed E-state index contributed by atoms with van der Waals surface area (Å²) < 4.78 is 4.49. The van der Waals surface area contributed by atoms with Gasteiger partial charge >= 0.3 is 5.97 Å². The summed E-state index contributed by atoms with van der Waals surface area (Å²) in [5.74, 6) is 0.976. The fourth-order valence-electron chi connectivity index (χ4n) is 4.39. The van der Waals surface area contributed by atoms with Gasteiger partial charge in [-0.05, 0) is 103 Å². The van der Waals surface area contributed by atoms with E-state index in [4.69, 9.17) is 29.3 Å². The number of aryl methyl sites for hydroxylation is 6. The van der Waals surface area contributed by atoms with E-state index in [9.17, 15) is 14.4 Å². The molecule has 0 atom stereocenters. The number of aromatic nitrogens is 8. The predicted octanol–water partition coefficient (Wildman–Crippen LogP) is 7.40. The van der Waals surface area contributed by atoms with Gasteiger partial charge in [-0.2, -0.15) is 0 Å². The molecule has 58 heavy (non-hydrogen) atoms. The largest absolute Gasteiger partial charge is 0.466 e. The van der Waals surface area contributed by atoms with E-state index >= 15 is 0 Å². The molecule has 4 N–H and O–H groups in total. The fraction of sp³-hybridized carbons (Fsp3) is 0.238. The molecule has 300 valence electrons. The van der Waals surface area contributed by atoms with E-state index in [1.807, 2.05) is 95.3 Å². The van der Waals surface area contributed by atoms with E-state index in [0.717, 1.165) is 34.2 Å². The highest BCUT2D eigenvalue weighted by molar-refractivity contribution is 6.29. The van der Waals surface area contributed by atoms with Crippen molar-refractivity contribution < 1.29 is 14.3 Å². The number of carbonyl (C=O) groups is 2. The van der Waals surface area contributed by atoms with Gasteiger partial charge in [0.15, 0.2) is 11.6 Å². The van der Waals surface area contributed by atoms with Gasteiger partial charge < -0.3 is 20.3 Å². The number of halogens is 1. The fourth-order valence-corrected chi connectivity index (χ4v) is 4.62. The number of hydrogen-bond acceptors (Lipinski definition) is 12. The highest BCUT2D eigenvalue weighted by Gasteiger charge is 2.06. The SMILES string of the molecule is CCOC(=O)CC(C)=O.Cc1cccc(-c2nc(C)cc(=O)[nH]2)n1.Cc1cccc(-c2nc(C)cc(Cl)n2)n1.Cc1cccc(C(=N)N)n1.[C-]#[N+]c1cccc(C)n1. The van der Waals surface area contributed by atoms with Crippen molar-refractivity contribution in [3.63, 3.8) is 0 Å². The smallest absolute Gasteiger partial charge is 0.313 e. The maximum absolute atomic E-state index is 11.2. The molecule has 6 heterocycles. The summed E-state index contributed by atoms with van der Waals surface area (Å²) in [6, 6.07) is 25.3. The van der Waals surface area contributed by atoms with E-state index < -0.39 is 5.97 Å². The summed E-state index contributed by atoms with van der Waals surface area (Å²) in [6.45, 7) is 21.2. The van der Waals surface area contributed by atoms with Gasteiger partial charge in [0.05, 0.1) is 6.61 Å². The highest BCUT2D eigenvalue weighted by Crippen LogP contribution is 2.16. The molecule has 0 saturated heterocycles. The Bertz CT molecular complexity index is 2390. The molecule has 6 aromatic heterocycles. The Kier molecular flexibility index (Phi) is 19.9. The maximum atomic E-state index is 11.2. The summed E-state index contributed by atoms with van der Waals surface area (Å²) in [5, 5.41) is 7.49. The number of esters is 1. The minimum absolute atomic E-state index is 0.0173. The van der Waals surface area contributed by atoms with Crippen molar-refractivity contribution in [2.45, 2.75) is 61.8 Å². The van der Waals surface area contributed by atoms with Crippen LogP contribution in [0.3, 0.4) is 0 Å². The number of pyridine rings is 4. The van der Waals surface area contributed by atoms with Crippen LogP contribution in [0.2, 0.25) is 5.15 Å². The van der Waals surface area contributed by atoms with Crippen LogP contribution in [0.25, 0.3) is 27.9 Å². The monoisotopic (exact) mass is 803 g/mol. The van der Waals surface area contributed by atoms with E-state index in [-0.39, 0.29) is 23.6 Å². The number of amidine groups is 1. The number of hydrogen-bond donors (Lipinski definition) is 3. The molecule has 0 fully saturated rings. The number of nitrogens with zero attached hydrogens (tertiary/aromatic N) is 8. The number of ether oxygens (including phenoxy) is 1.